The Bertz CT molecular complexity index is 7560. The fourth-order valence-electron chi connectivity index (χ4n) is 18.6. The van der Waals surface area contributed by atoms with E-state index < -0.39 is 0 Å². The largest absolute Gasteiger partial charge is 0.0622 e. The average molecular weight is 1550 g/mol. The van der Waals surface area contributed by atoms with Gasteiger partial charge in [0.05, 0.1) is 0 Å². The predicted molar refractivity (Wildman–Crippen MR) is 525 cm³/mol. The van der Waals surface area contributed by atoms with Gasteiger partial charge in [0.15, 0.2) is 0 Å². The Balaban J connectivity index is 0.000000113. The molecule has 0 aliphatic rings. The van der Waals surface area contributed by atoms with Gasteiger partial charge in [-0.2, -0.15) is 0 Å². The van der Waals surface area contributed by atoms with Crippen LogP contribution in [0.25, 0.3) is 220 Å². The lowest BCUT2D eigenvalue weighted by Gasteiger charge is -2.19. The molecule has 570 valence electrons. The van der Waals surface area contributed by atoms with Gasteiger partial charge in [-0.15, -0.1) is 0 Å². The van der Waals surface area contributed by atoms with Crippen molar-refractivity contribution in [3.8, 4) is 134 Å². The maximum Gasteiger partial charge on any atom is -0.00259 e. The lowest BCUT2D eigenvalue weighted by atomic mass is 9.84. The van der Waals surface area contributed by atoms with Crippen LogP contribution in [-0.4, -0.2) is 0 Å². The van der Waals surface area contributed by atoms with E-state index >= 15 is 0 Å². The van der Waals surface area contributed by atoms with E-state index in [1.54, 1.807) is 0 Å². The highest BCUT2D eigenvalue weighted by Crippen LogP contribution is 2.49. The quantitative estimate of drug-likeness (QED) is 0.107. The number of hydrogen-bond donors (Lipinski definition) is 0. The first-order chi connectivity index (χ1) is 60.5. The van der Waals surface area contributed by atoms with E-state index in [4.69, 9.17) is 0 Å². The molecule has 0 N–H and O–H groups in total. The monoisotopic (exact) mass is 1550 g/mol. The van der Waals surface area contributed by atoms with Crippen molar-refractivity contribution in [1.82, 2.24) is 0 Å². The van der Waals surface area contributed by atoms with E-state index in [-0.39, 0.29) is 0 Å². The minimum Gasteiger partial charge on any atom is -0.0622 e. The first-order valence-electron chi connectivity index (χ1n) is 42.2. The zero-order valence-corrected chi connectivity index (χ0v) is 67.3. The first-order valence-corrected chi connectivity index (χ1v) is 42.2. The molecule has 23 aromatic rings. The number of fused-ring (bicyclic) bond motifs is 8. The van der Waals surface area contributed by atoms with Crippen LogP contribution in [0.5, 0.6) is 0 Å². The molecule has 0 spiro atoms. The van der Waals surface area contributed by atoms with Gasteiger partial charge in [-0.25, -0.2) is 0 Å². The van der Waals surface area contributed by atoms with E-state index in [9.17, 15) is 0 Å². The van der Waals surface area contributed by atoms with Gasteiger partial charge in [0.25, 0.3) is 0 Å². The molecule has 0 radical (unpaired) electrons. The molecule has 0 heterocycles. The smallest absolute Gasteiger partial charge is 0.00259 e. The molecular formula is C122H82. The fourth-order valence-corrected chi connectivity index (χ4v) is 18.6. The lowest BCUT2D eigenvalue weighted by Crippen LogP contribution is -1.92. The SMILES string of the molecule is c1ccc(-c2c3ccccc3c(-c3cccc(-c4ccc5cc(-c6ccc7ccccc7c6)ccc5c4)c3)c3ccccc23)cc1.c1ccc(-c2cc(-c3ccccc3)cc(-c3c4ccccc4c(-c4ccccc4)c4ccccc34)c2)cc1.c1ccc(-c2ccc(-c3ccc(-c4c5ccccc5c(-c5ccccc5)c5ccccc45)cc3)cc2)cc1. The molecule has 0 heteroatoms. The maximum atomic E-state index is 2.36. The first kappa shape index (κ1) is 73.7. The third-order valence-corrected chi connectivity index (χ3v) is 24.3. The van der Waals surface area contributed by atoms with Crippen molar-refractivity contribution < 1.29 is 0 Å². The second-order valence-corrected chi connectivity index (χ2v) is 31.6. The second kappa shape index (κ2) is 32.9. The van der Waals surface area contributed by atoms with Crippen LogP contribution in [-0.2, 0) is 0 Å². The van der Waals surface area contributed by atoms with Crippen LogP contribution in [0, 0.1) is 0 Å². The summed E-state index contributed by atoms with van der Waals surface area (Å²) in [6.07, 6.45) is 0. The van der Waals surface area contributed by atoms with Crippen LogP contribution in [0.1, 0.15) is 0 Å². The summed E-state index contributed by atoms with van der Waals surface area (Å²) >= 11 is 0. The Morgan fingerprint density at radius 2 is 0.238 bits per heavy atom. The summed E-state index contributed by atoms with van der Waals surface area (Å²) in [6, 6.07) is 180. The standard InChI is InChI=1S/C46H30.2C38H26/c1-2-12-32(13-3-1)45-41-17-6-8-19-43(41)46(44-20-9-7-18-42(44)45)40-16-10-15-34(30-40)35-23-24-39-29-38(26-25-37(39)28-35)36-22-21-31-11-4-5-14-33(31)27-36;1-4-14-27(15-5-1)30-24-31(28-16-6-2-7-17-28)26-32(25-30)38-35-22-12-10-20-33(35)37(29-18-8-3-9-19-29)34-21-11-13-23-36(34)38;1-3-11-27(12-4-1)28-19-21-29(22-20-28)30-23-25-32(26-24-30)38-35-17-9-7-15-33(35)37(31-13-5-2-6-14-31)34-16-8-10-18-36(34)38/h1-30H;2*1-26H. The van der Waals surface area contributed by atoms with Gasteiger partial charge in [0.2, 0.25) is 0 Å². The fraction of sp³-hybridized carbons (Fsp3) is 0. The molecule has 0 fully saturated rings. The van der Waals surface area contributed by atoms with Gasteiger partial charge in [-0.05, 0) is 262 Å². The molecular weight excluding hydrogens is 1470 g/mol. The van der Waals surface area contributed by atoms with E-state index in [0.29, 0.717) is 0 Å². The molecule has 0 bridgehead atoms. The molecule has 0 atom stereocenters. The minimum atomic E-state index is 1.22. The molecule has 0 aliphatic heterocycles. The van der Waals surface area contributed by atoms with Crippen LogP contribution in [0.3, 0.4) is 0 Å². The number of benzene rings is 23. The Morgan fingerprint density at radius 1 is 0.0738 bits per heavy atom. The Kier molecular flexibility index (Phi) is 19.9. The molecule has 0 nitrogen and oxygen atoms in total. The van der Waals surface area contributed by atoms with Gasteiger partial charge in [-0.1, -0.05) is 455 Å². The van der Waals surface area contributed by atoms with Gasteiger partial charge in [0.1, 0.15) is 0 Å². The highest BCUT2D eigenvalue weighted by molar-refractivity contribution is 6.24. The third kappa shape index (κ3) is 14.3. The predicted octanol–water partition coefficient (Wildman–Crippen LogP) is 34.3. The Hall–Kier alpha value is -15.9. The van der Waals surface area contributed by atoms with Crippen molar-refractivity contribution in [2.24, 2.45) is 0 Å². The van der Waals surface area contributed by atoms with Crippen molar-refractivity contribution >= 4 is 86.2 Å². The molecule has 23 rings (SSSR count). The lowest BCUT2D eigenvalue weighted by molar-refractivity contribution is 1.58. The van der Waals surface area contributed by atoms with E-state index in [1.807, 2.05) is 0 Å². The highest BCUT2D eigenvalue weighted by atomic mass is 14.3. The van der Waals surface area contributed by atoms with Crippen molar-refractivity contribution in [3.05, 3.63) is 497 Å². The van der Waals surface area contributed by atoms with Gasteiger partial charge < -0.3 is 0 Å². The second-order valence-electron chi connectivity index (χ2n) is 31.6. The van der Waals surface area contributed by atoms with Crippen LogP contribution < -0.4 is 0 Å². The van der Waals surface area contributed by atoms with Gasteiger partial charge in [0, 0.05) is 0 Å². The van der Waals surface area contributed by atoms with E-state index in [1.165, 1.54) is 220 Å². The molecule has 122 heavy (non-hydrogen) atoms. The van der Waals surface area contributed by atoms with Crippen LogP contribution >= 0.6 is 0 Å². The van der Waals surface area contributed by atoms with Crippen LogP contribution in [0.4, 0.5) is 0 Å². The Morgan fingerprint density at radius 3 is 0.549 bits per heavy atom. The van der Waals surface area contributed by atoms with Gasteiger partial charge in [-0.3, -0.25) is 0 Å². The normalized spacial score (nSPS) is 11.3. The maximum absolute atomic E-state index is 2.36. The topological polar surface area (TPSA) is 0 Å². The number of rotatable bonds is 12. The summed E-state index contributed by atoms with van der Waals surface area (Å²) in [4.78, 5) is 0. The zero-order valence-electron chi connectivity index (χ0n) is 67.3. The summed E-state index contributed by atoms with van der Waals surface area (Å²) in [7, 11) is 0. The minimum absolute atomic E-state index is 1.22. The zero-order chi connectivity index (χ0) is 81.1. The van der Waals surface area contributed by atoms with E-state index in [0.717, 1.165) is 0 Å². The van der Waals surface area contributed by atoms with E-state index in [2.05, 4.69) is 497 Å². The molecule has 0 saturated heterocycles. The Labute approximate surface area is 712 Å². The molecule has 23 aromatic carbocycles. The highest BCUT2D eigenvalue weighted by Gasteiger charge is 2.22. The summed E-state index contributed by atoms with van der Waals surface area (Å²) in [5.74, 6) is 0. The summed E-state index contributed by atoms with van der Waals surface area (Å²) < 4.78 is 0. The van der Waals surface area contributed by atoms with Gasteiger partial charge >= 0.3 is 0 Å². The van der Waals surface area contributed by atoms with Crippen molar-refractivity contribution in [2.75, 3.05) is 0 Å². The molecule has 0 aliphatic carbocycles. The van der Waals surface area contributed by atoms with Crippen LogP contribution in [0.15, 0.2) is 497 Å². The summed E-state index contributed by atoms with van der Waals surface area (Å²) in [6.45, 7) is 0. The molecule has 0 aromatic heterocycles. The number of hydrogen-bond acceptors (Lipinski definition) is 0. The molecule has 0 saturated carbocycles. The summed E-state index contributed by atoms with van der Waals surface area (Å²) in [5, 5.41) is 20.4. The van der Waals surface area contributed by atoms with Crippen LogP contribution in [0.2, 0.25) is 0 Å². The third-order valence-electron chi connectivity index (χ3n) is 24.3. The van der Waals surface area contributed by atoms with Crippen molar-refractivity contribution in [2.45, 2.75) is 0 Å². The van der Waals surface area contributed by atoms with Crippen molar-refractivity contribution in [3.63, 3.8) is 0 Å². The average Bonchev–Trinajstić information content (AvgIpc) is 0.748. The van der Waals surface area contributed by atoms with Crippen molar-refractivity contribution in [1.29, 1.82) is 0 Å². The molecule has 0 unspecified atom stereocenters. The molecule has 0 amide bonds. The summed E-state index contributed by atoms with van der Waals surface area (Å²) in [5.41, 5.74) is 30.0.